The van der Waals surface area contributed by atoms with Crippen molar-refractivity contribution < 1.29 is 33.7 Å². The third-order valence-corrected chi connectivity index (χ3v) is 9.15. The molecule has 0 spiro atoms. The number of thioether (sulfide) groups is 1. The quantitative estimate of drug-likeness (QED) is 0.0600. The minimum absolute atomic E-state index is 0.144. The van der Waals surface area contributed by atoms with E-state index in [1.54, 1.807) is 53.7 Å². The fourth-order valence-electron chi connectivity index (χ4n) is 4.26. The smallest absolute Gasteiger partial charge is 0.352 e. The molecular weight excluding hydrogens is 619 g/mol. The molecule has 43 heavy (non-hydrogen) atoms. The van der Waals surface area contributed by atoms with Crippen LogP contribution in [-0.2, 0) is 25.8 Å². The normalized spacial score (nSPS) is 18.3. The van der Waals surface area contributed by atoms with E-state index in [1.807, 2.05) is 5.32 Å². The fraction of sp³-hybridized carbons (Fsp3) is 0.240. The number of carbonyl (C=O) groups excluding carboxylic acids is 3. The number of anilines is 1. The van der Waals surface area contributed by atoms with Gasteiger partial charge < -0.3 is 21.0 Å². The number of aliphatic carboxylic acids is 1. The summed E-state index contributed by atoms with van der Waals surface area (Å²) in [5.74, 6) is -2.83. The Morgan fingerprint density at radius 2 is 2.21 bits per heavy atom. The summed E-state index contributed by atoms with van der Waals surface area (Å²) in [4.78, 5) is 64.8. The van der Waals surface area contributed by atoms with Crippen LogP contribution in [0.3, 0.4) is 0 Å². The molecule has 5 rings (SSSR count). The lowest BCUT2D eigenvalue weighted by atomic mass is 10.0. The summed E-state index contributed by atoms with van der Waals surface area (Å²) in [5.41, 5.74) is 6.59. The molecule has 3 amide bonds. The van der Waals surface area contributed by atoms with Crippen molar-refractivity contribution in [2.24, 2.45) is 5.16 Å². The highest BCUT2D eigenvalue weighted by molar-refractivity contribution is 8.00. The van der Waals surface area contributed by atoms with Crippen molar-refractivity contribution in [2.45, 2.75) is 24.9 Å². The van der Waals surface area contributed by atoms with E-state index < -0.39 is 35.1 Å². The van der Waals surface area contributed by atoms with Gasteiger partial charge in [-0.3, -0.25) is 24.6 Å². The van der Waals surface area contributed by atoms with Crippen molar-refractivity contribution >= 4 is 79.2 Å². The van der Waals surface area contributed by atoms with Crippen molar-refractivity contribution in [3.05, 3.63) is 58.0 Å². The minimum atomic E-state index is -1.26. The molecule has 0 aromatic carbocycles. The molecule has 0 aliphatic carbocycles. The molecule has 5 N–H and O–H groups in total. The third kappa shape index (κ3) is 6.04. The lowest BCUT2D eigenvalue weighted by molar-refractivity contribution is -0.685. The molecule has 1 saturated heterocycles. The van der Waals surface area contributed by atoms with Crippen LogP contribution < -0.4 is 20.9 Å². The van der Waals surface area contributed by atoms with Crippen molar-refractivity contribution in [3.63, 3.8) is 0 Å². The molecular formula is C25H22N9O6S3+. The molecule has 220 valence electrons. The molecule has 3 aromatic rings. The second-order valence-corrected chi connectivity index (χ2v) is 11.9. The highest BCUT2D eigenvalue weighted by Crippen LogP contribution is 2.40. The monoisotopic (exact) mass is 640 g/mol. The molecule has 2 atom stereocenters. The molecule has 0 saturated carbocycles. The Morgan fingerprint density at radius 1 is 1.40 bits per heavy atom. The number of nitrogens with zero attached hydrogens (tertiary/aromatic N) is 6. The van der Waals surface area contributed by atoms with E-state index >= 15 is 0 Å². The summed E-state index contributed by atoms with van der Waals surface area (Å²) >= 11 is 3.59. The first-order valence-corrected chi connectivity index (χ1v) is 15.2. The molecule has 2 aliphatic rings. The van der Waals surface area contributed by atoms with Gasteiger partial charge in [-0.2, -0.15) is 9.83 Å². The molecule has 18 heteroatoms. The number of nitrogen functional groups attached to an aromatic ring is 1. The average Bonchev–Trinajstić information content (AvgIpc) is 3.61. The van der Waals surface area contributed by atoms with Gasteiger partial charge in [0.1, 0.15) is 34.9 Å². The van der Waals surface area contributed by atoms with E-state index in [0.717, 1.165) is 27.4 Å². The van der Waals surface area contributed by atoms with Gasteiger partial charge in [-0.15, -0.1) is 34.4 Å². The molecule has 5 heterocycles. The zero-order chi connectivity index (χ0) is 30.7. The third-order valence-electron chi connectivity index (χ3n) is 6.14. The summed E-state index contributed by atoms with van der Waals surface area (Å²) in [6.07, 6.45) is 8.49. The summed E-state index contributed by atoms with van der Waals surface area (Å²) < 4.78 is 2.56. The van der Waals surface area contributed by atoms with Gasteiger partial charge in [-0.05, 0) is 18.6 Å². The number of pyridine rings is 1. The zero-order valence-corrected chi connectivity index (χ0v) is 24.7. The Kier molecular flexibility index (Phi) is 8.66. The van der Waals surface area contributed by atoms with E-state index in [2.05, 4.69) is 20.4 Å². The van der Waals surface area contributed by atoms with Crippen molar-refractivity contribution in [3.8, 4) is 6.19 Å². The zero-order valence-electron chi connectivity index (χ0n) is 22.2. The van der Waals surface area contributed by atoms with Crippen LogP contribution in [0.2, 0.25) is 0 Å². The number of oxime groups is 1. The molecule has 0 radical (unpaired) electrons. The van der Waals surface area contributed by atoms with Gasteiger partial charge in [-0.25, -0.2) is 14.8 Å². The first-order chi connectivity index (χ1) is 20.7. The van der Waals surface area contributed by atoms with Gasteiger partial charge in [-0.1, -0.05) is 11.2 Å². The number of nitrogens with one attached hydrogen (secondary N) is 2. The highest BCUT2D eigenvalue weighted by atomic mass is 32.2. The summed E-state index contributed by atoms with van der Waals surface area (Å²) in [5, 5.41) is 28.4. The summed E-state index contributed by atoms with van der Waals surface area (Å²) in [7, 11) is 0. The van der Waals surface area contributed by atoms with Crippen LogP contribution >= 0.6 is 34.4 Å². The van der Waals surface area contributed by atoms with E-state index in [9.17, 15) is 24.3 Å². The number of hydrogen-bond acceptors (Lipinski definition) is 13. The number of carboxylic acids is 1. The number of hydrogen-bond donors (Lipinski definition) is 4. The second kappa shape index (κ2) is 12.6. The molecule has 15 nitrogen and oxygen atoms in total. The topological polar surface area (TPSA) is 217 Å². The lowest BCUT2D eigenvalue weighted by Crippen LogP contribution is -2.71. The predicted molar refractivity (Wildman–Crippen MR) is 156 cm³/mol. The van der Waals surface area contributed by atoms with Crippen LogP contribution in [0.1, 0.15) is 22.4 Å². The SMILES string of the molecule is CCO/N=C(\C(=O)N[C@@H]1C(=O)N2C(C(=O)O)=C(/C=C/C[n+]3ccc4sc(C(=O)NC#N)nc4c3)CS[C@H]12)c1csc(N)n1. The second-order valence-electron chi connectivity index (χ2n) is 8.85. The number of nitrogens with two attached hydrogens (primary N) is 1. The summed E-state index contributed by atoms with van der Waals surface area (Å²) in [6, 6.07) is 0.814. The Morgan fingerprint density at radius 3 is 2.91 bits per heavy atom. The van der Waals surface area contributed by atoms with Crippen molar-refractivity contribution in [1.29, 1.82) is 5.26 Å². The average molecular weight is 641 g/mol. The van der Waals surface area contributed by atoms with Crippen LogP contribution in [0.25, 0.3) is 10.2 Å². The molecule has 3 aromatic heterocycles. The van der Waals surface area contributed by atoms with Crippen LogP contribution in [0.15, 0.2) is 52.4 Å². The molecule has 1 fully saturated rings. The molecule has 2 aliphatic heterocycles. The number of nitriles is 1. The number of fused-ring (bicyclic) bond motifs is 2. The Bertz CT molecular complexity index is 1770. The molecule has 0 unspecified atom stereocenters. The van der Waals surface area contributed by atoms with Gasteiger partial charge in [0, 0.05) is 17.2 Å². The maximum atomic E-state index is 13.1. The lowest BCUT2D eigenvalue weighted by Gasteiger charge is -2.49. The van der Waals surface area contributed by atoms with Gasteiger partial charge in [0.2, 0.25) is 0 Å². The number of carboxylic acid groups (broad SMARTS) is 1. The van der Waals surface area contributed by atoms with Crippen molar-refractivity contribution in [1.82, 2.24) is 25.5 Å². The number of rotatable bonds is 10. The Hall–Kier alpha value is -4.86. The van der Waals surface area contributed by atoms with E-state index in [4.69, 9.17) is 15.8 Å². The number of allylic oxidation sites excluding steroid dienone is 2. The Balaban J connectivity index is 1.29. The van der Waals surface area contributed by atoms with Crippen LogP contribution in [0, 0.1) is 11.5 Å². The predicted octanol–water partition coefficient (Wildman–Crippen LogP) is 0.569. The number of thiazole rings is 2. The number of β-lactam (4-membered cyclic amide) rings is 1. The van der Waals surface area contributed by atoms with E-state index in [-0.39, 0.29) is 39.6 Å². The van der Waals surface area contributed by atoms with Gasteiger partial charge in [0.25, 0.3) is 17.7 Å². The number of carbonyl (C=O) groups is 4. The minimum Gasteiger partial charge on any atom is -0.477 e. The summed E-state index contributed by atoms with van der Waals surface area (Å²) in [6.45, 7) is 2.25. The van der Waals surface area contributed by atoms with Crippen LogP contribution in [-0.4, -0.2) is 73.2 Å². The maximum absolute atomic E-state index is 13.1. The van der Waals surface area contributed by atoms with Gasteiger partial charge >= 0.3 is 5.97 Å². The largest absolute Gasteiger partial charge is 0.477 e. The maximum Gasteiger partial charge on any atom is 0.352 e. The Labute approximate surface area is 255 Å². The van der Waals surface area contributed by atoms with Crippen LogP contribution in [0.5, 0.6) is 0 Å². The molecule has 0 bridgehead atoms. The van der Waals surface area contributed by atoms with Gasteiger partial charge in [0.05, 0.1) is 4.70 Å². The first-order valence-electron chi connectivity index (χ1n) is 12.5. The number of amides is 3. The standard InChI is InChI=1S/C25H21N9O6S3/c1-2-40-32-16(14-10-42-25(27)30-14)19(35)31-17-22(37)34-18(24(38)39)12(9-41-23(17)34)4-3-6-33-7-5-15-13(8-33)29-21(43-15)20(36)28-11-26/h3-5,7-8,10,17,23H,2,6,9H2,1H3,(H4-,27,28,30,31,35,36,38,39)/p+1/b4-3+,32-16-/t17-,23-/m1/s1. The van der Waals surface area contributed by atoms with E-state index in [1.165, 1.54) is 16.7 Å². The number of aromatic nitrogens is 3. The van der Waals surface area contributed by atoms with E-state index in [0.29, 0.717) is 17.6 Å². The van der Waals surface area contributed by atoms with Crippen molar-refractivity contribution in [2.75, 3.05) is 18.1 Å². The first kappa shape index (κ1) is 29.6. The fourth-order valence-corrected chi connectivity index (χ4v) is 6.96. The van der Waals surface area contributed by atoms with Gasteiger partial charge in [0.15, 0.2) is 41.0 Å². The highest BCUT2D eigenvalue weighted by Gasteiger charge is 2.54. The van der Waals surface area contributed by atoms with Crippen LogP contribution in [0.4, 0.5) is 5.13 Å².